The highest BCUT2D eigenvalue weighted by Crippen LogP contribution is 2.49. The Labute approximate surface area is 173 Å². The molecule has 0 radical (unpaired) electrons. The normalized spacial score (nSPS) is 22.3. The van der Waals surface area contributed by atoms with Crippen LogP contribution in [0.25, 0.3) is 0 Å². The number of hydrazine groups is 1. The molecule has 2 aromatic carbocycles. The summed E-state index contributed by atoms with van der Waals surface area (Å²) in [5.74, 6) is 0.166. The van der Waals surface area contributed by atoms with E-state index in [4.69, 9.17) is 4.74 Å². The number of anilines is 1. The van der Waals surface area contributed by atoms with Crippen molar-refractivity contribution in [2.45, 2.75) is 25.7 Å². The number of morpholine rings is 1. The first-order chi connectivity index (χ1) is 14.2. The maximum absolute atomic E-state index is 14.2. The lowest BCUT2D eigenvalue weighted by atomic mass is 9.72. The molecule has 0 N–H and O–H groups in total. The summed E-state index contributed by atoms with van der Waals surface area (Å²) in [6, 6.07) is 18.7. The van der Waals surface area contributed by atoms with E-state index >= 15 is 0 Å². The highest BCUT2D eigenvalue weighted by atomic mass is 16.5. The zero-order chi connectivity index (χ0) is 20.3. The van der Waals surface area contributed by atoms with E-state index in [1.165, 1.54) is 0 Å². The fraction of sp³-hybridized carbons (Fsp3) is 0.458. The molecule has 5 heteroatoms. The lowest BCUT2D eigenvalue weighted by Crippen LogP contribution is -2.54. The Morgan fingerprint density at radius 1 is 0.966 bits per heavy atom. The summed E-state index contributed by atoms with van der Waals surface area (Å²) >= 11 is 0. The molecule has 0 unspecified atom stereocenters. The molecule has 2 heterocycles. The van der Waals surface area contributed by atoms with Crippen LogP contribution < -0.4 is 5.01 Å². The summed E-state index contributed by atoms with van der Waals surface area (Å²) < 4.78 is 5.54. The summed E-state index contributed by atoms with van der Waals surface area (Å²) in [6.07, 6.45) is 0.773. The van der Waals surface area contributed by atoms with E-state index in [9.17, 15) is 4.79 Å². The highest BCUT2D eigenvalue weighted by molar-refractivity contribution is 6.09. The number of ether oxygens (including phenoxy) is 1. The Bertz CT molecular complexity index is 831. The van der Waals surface area contributed by atoms with E-state index in [2.05, 4.69) is 54.1 Å². The van der Waals surface area contributed by atoms with Gasteiger partial charge in [0.2, 0.25) is 0 Å². The average molecular weight is 394 g/mol. The molecule has 2 aromatic rings. The Morgan fingerprint density at radius 2 is 1.62 bits per heavy atom. The third-order valence-corrected chi connectivity index (χ3v) is 6.38. The molecular weight excluding hydrogens is 362 g/mol. The van der Waals surface area contributed by atoms with E-state index in [1.807, 2.05) is 29.3 Å². The first kappa shape index (κ1) is 20.1. The lowest BCUT2D eigenvalue weighted by molar-refractivity contribution is -0.126. The van der Waals surface area contributed by atoms with Crippen molar-refractivity contribution in [2.75, 3.05) is 50.9 Å². The number of para-hydroxylation sites is 1. The quantitative estimate of drug-likeness (QED) is 0.723. The second-order valence-corrected chi connectivity index (χ2v) is 7.75. The van der Waals surface area contributed by atoms with Crippen molar-refractivity contribution < 1.29 is 9.53 Å². The van der Waals surface area contributed by atoms with Crippen molar-refractivity contribution in [1.29, 1.82) is 0 Å². The van der Waals surface area contributed by atoms with E-state index < -0.39 is 5.41 Å². The van der Waals surface area contributed by atoms with Crippen LogP contribution in [0.1, 0.15) is 31.4 Å². The topological polar surface area (TPSA) is 36.0 Å². The third kappa shape index (κ3) is 3.48. The van der Waals surface area contributed by atoms with Gasteiger partial charge in [-0.25, -0.2) is 10.0 Å². The van der Waals surface area contributed by atoms with Crippen molar-refractivity contribution in [2.24, 2.45) is 0 Å². The van der Waals surface area contributed by atoms with Crippen LogP contribution in [0, 0.1) is 0 Å². The zero-order valence-electron chi connectivity index (χ0n) is 17.5. The number of benzene rings is 2. The zero-order valence-corrected chi connectivity index (χ0v) is 17.5. The summed E-state index contributed by atoms with van der Waals surface area (Å²) in [5, 5.41) is 4.10. The van der Waals surface area contributed by atoms with Gasteiger partial charge in [-0.05, 0) is 43.2 Å². The Hall–Kier alpha value is -2.21. The molecule has 4 rings (SSSR count). The minimum absolute atomic E-state index is 0.166. The first-order valence-electron chi connectivity index (χ1n) is 10.8. The van der Waals surface area contributed by atoms with Gasteiger partial charge in [0, 0.05) is 13.1 Å². The second kappa shape index (κ2) is 8.66. The molecule has 29 heavy (non-hydrogen) atoms. The molecule has 1 amide bonds. The van der Waals surface area contributed by atoms with E-state index in [0.717, 1.165) is 56.0 Å². The van der Waals surface area contributed by atoms with Gasteiger partial charge in [-0.15, -0.1) is 0 Å². The smallest absolute Gasteiger partial charge is 0.256 e. The molecule has 2 aliphatic rings. The van der Waals surface area contributed by atoms with Gasteiger partial charge in [-0.2, -0.15) is 0 Å². The molecule has 154 valence electrons. The van der Waals surface area contributed by atoms with Crippen LogP contribution in [0.2, 0.25) is 0 Å². The molecule has 1 saturated heterocycles. The molecule has 0 saturated carbocycles. The number of carbonyl (C=O) groups excluding carboxylic acids is 1. The van der Waals surface area contributed by atoms with Crippen molar-refractivity contribution in [1.82, 2.24) is 9.91 Å². The van der Waals surface area contributed by atoms with Crippen molar-refractivity contribution in [3.05, 3.63) is 65.7 Å². The number of hydrogen-bond acceptors (Lipinski definition) is 4. The minimum Gasteiger partial charge on any atom is -0.379 e. The largest absolute Gasteiger partial charge is 0.379 e. The maximum Gasteiger partial charge on any atom is 0.256 e. The lowest BCUT2D eigenvalue weighted by Gasteiger charge is -2.37. The van der Waals surface area contributed by atoms with Gasteiger partial charge >= 0.3 is 0 Å². The van der Waals surface area contributed by atoms with E-state index in [1.54, 1.807) is 0 Å². The number of carbonyl (C=O) groups is 1. The van der Waals surface area contributed by atoms with E-state index in [-0.39, 0.29) is 5.91 Å². The molecule has 1 atom stereocenters. The Balaban J connectivity index is 1.82. The number of amides is 1. The Kier molecular flexibility index (Phi) is 5.99. The summed E-state index contributed by atoms with van der Waals surface area (Å²) in [4.78, 5) is 16.6. The van der Waals surface area contributed by atoms with Crippen LogP contribution in [0.15, 0.2) is 54.6 Å². The molecule has 5 nitrogen and oxygen atoms in total. The van der Waals surface area contributed by atoms with Gasteiger partial charge in [0.1, 0.15) is 5.41 Å². The van der Waals surface area contributed by atoms with Crippen molar-refractivity contribution in [3.8, 4) is 0 Å². The first-order valence-corrected chi connectivity index (χ1v) is 10.8. The molecule has 0 bridgehead atoms. The van der Waals surface area contributed by atoms with Gasteiger partial charge in [-0.3, -0.25) is 4.79 Å². The van der Waals surface area contributed by atoms with Crippen LogP contribution in [0.3, 0.4) is 0 Å². The van der Waals surface area contributed by atoms with Gasteiger partial charge in [0.15, 0.2) is 0 Å². The van der Waals surface area contributed by atoms with Crippen molar-refractivity contribution >= 4 is 11.6 Å². The molecule has 0 aliphatic carbocycles. The van der Waals surface area contributed by atoms with Crippen LogP contribution in [-0.4, -0.2) is 61.8 Å². The van der Waals surface area contributed by atoms with Gasteiger partial charge in [-0.1, -0.05) is 62.4 Å². The molecule has 1 fully saturated rings. The van der Waals surface area contributed by atoms with Gasteiger partial charge < -0.3 is 9.64 Å². The second-order valence-electron chi connectivity index (χ2n) is 7.75. The fourth-order valence-electron chi connectivity index (χ4n) is 4.71. The average Bonchev–Trinajstić information content (AvgIpc) is 3.04. The van der Waals surface area contributed by atoms with E-state index in [0.29, 0.717) is 13.2 Å². The number of nitrogens with zero attached hydrogens (tertiary/aromatic N) is 3. The van der Waals surface area contributed by atoms with Gasteiger partial charge in [0.05, 0.1) is 18.9 Å². The van der Waals surface area contributed by atoms with Crippen LogP contribution in [0.5, 0.6) is 0 Å². The molecule has 0 aromatic heterocycles. The van der Waals surface area contributed by atoms with Crippen molar-refractivity contribution in [3.63, 3.8) is 0 Å². The molecular formula is C24H31N3O2. The predicted molar refractivity (Wildman–Crippen MR) is 116 cm³/mol. The number of rotatable bonds is 7. The maximum atomic E-state index is 14.2. The third-order valence-electron chi connectivity index (χ3n) is 6.38. The predicted octanol–water partition coefficient (Wildman–Crippen LogP) is 3.30. The number of hydrogen-bond donors (Lipinski definition) is 0. The highest BCUT2D eigenvalue weighted by Gasteiger charge is 2.53. The molecule has 2 aliphatic heterocycles. The number of fused-ring (bicyclic) bond motifs is 1. The minimum atomic E-state index is -0.654. The summed E-state index contributed by atoms with van der Waals surface area (Å²) in [7, 11) is 0. The summed E-state index contributed by atoms with van der Waals surface area (Å²) in [5.41, 5.74) is 2.57. The monoisotopic (exact) mass is 393 g/mol. The van der Waals surface area contributed by atoms with Crippen LogP contribution in [0.4, 0.5) is 5.69 Å². The standard InChI is InChI=1S/C24H31N3O2/c1-3-25(4-2)15-14-24(20-10-6-5-7-11-20)21-12-8-9-13-22(21)27(23(24)28)26-16-18-29-19-17-26/h5-13H,3-4,14-19H2,1-2H3/t24-/m0/s1. The Morgan fingerprint density at radius 3 is 2.31 bits per heavy atom. The fourth-order valence-corrected chi connectivity index (χ4v) is 4.71. The van der Waals surface area contributed by atoms with Gasteiger partial charge in [0.25, 0.3) is 5.91 Å². The SMILES string of the molecule is CCN(CC)CC[C@@]1(c2ccccc2)C(=O)N(N2CCOCC2)c2ccccc21. The van der Waals surface area contributed by atoms with Crippen LogP contribution >= 0.6 is 0 Å². The van der Waals surface area contributed by atoms with Crippen LogP contribution in [-0.2, 0) is 14.9 Å². The summed E-state index contributed by atoms with van der Waals surface area (Å²) in [6.45, 7) is 10.0. The molecule has 0 spiro atoms.